The van der Waals surface area contributed by atoms with Crippen molar-refractivity contribution >= 4 is 27.5 Å². The molecule has 0 aliphatic carbocycles. The predicted octanol–water partition coefficient (Wildman–Crippen LogP) is 3.19. The standard InChI is InChI=1S/C14H11N3O3S/c1-7-3-4-9(5-15-7)20-12-10-8(2)11(14(18)19)21-13(10)17-6-16-12/h3-6H,1-2H3,(H,18,19). The minimum atomic E-state index is -0.974. The van der Waals surface area contributed by atoms with Crippen molar-refractivity contribution in [2.75, 3.05) is 0 Å². The van der Waals surface area contributed by atoms with Crippen LogP contribution in [0, 0.1) is 13.8 Å². The molecule has 106 valence electrons. The van der Waals surface area contributed by atoms with Crippen LogP contribution in [0.5, 0.6) is 11.6 Å². The van der Waals surface area contributed by atoms with Crippen LogP contribution in [0.2, 0.25) is 0 Å². The highest BCUT2D eigenvalue weighted by Gasteiger charge is 2.19. The van der Waals surface area contributed by atoms with Gasteiger partial charge in [-0.25, -0.2) is 14.8 Å². The Balaban J connectivity index is 2.10. The van der Waals surface area contributed by atoms with Crippen LogP contribution < -0.4 is 4.74 Å². The highest BCUT2D eigenvalue weighted by Crippen LogP contribution is 2.35. The van der Waals surface area contributed by atoms with E-state index < -0.39 is 5.97 Å². The van der Waals surface area contributed by atoms with E-state index in [-0.39, 0.29) is 4.88 Å². The van der Waals surface area contributed by atoms with Gasteiger partial charge in [0.1, 0.15) is 21.8 Å². The first-order valence-corrected chi connectivity index (χ1v) is 6.96. The summed E-state index contributed by atoms with van der Waals surface area (Å²) in [7, 11) is 0. The number of nitrogens with zero attached hydrogens (tertiary/aromatic N) is 3. The minimum Gasteiger partial charge on any atom is -0.477 e. The molecule has 21 heavy (non-hydrogen) atoms. The number of thiophene rings is 1. The molecule has 0 spiro atoms. The quantitative estimate of drug-likeness (QED) is 0.799. The molecule has 0 atom stereocenters. The van der Waals surface area contributed by atoms with Crippen molar-refractivity contribution in [3.63, 3.8) is 0 Å². The van der Waals surface area contributed by atoms with Gasteiger partial charge in [0.2, 0.25) is 5.88 Å². The van der Waals surface area contributed by atoms with E-state index in [0.29, 0.717) is 27.4 Å². The number of carbonyl (C=O) groups is 1. The smallest absolute Gasteiger partial charge is 0.346 e. The number of aromatic nitrogens is 3. The predicted molar refractivity (Wildman–Crippen MR) is 78.2 cm³/mol. The Bertz CT molecular complexity index is 827. The molecule has 3 aromatic rings. The van der Waals surface area contributed by atoms with Crippen molar-refractivity contribution in [3.05, 3.63) is 40.8 Å². The molecule has 0 unspecified atom stereocenters. The van der Waals surface area contributed by atoms with Crippen LogP contribution >= 0.6 is 11.3 Å². The number of carboxylic acids is 1. The fourth-order valence-electron chi connectivity index (χ4n) is 1.95. The molecule has 0 radical (unpaired) electrons. The van der Waals surface area contributed by atoms with Crippen molar-refractivity contribution in [2.24, 2.45) is 0 Å². The van der Waals surface area contributed by atoms with E-state index in [4.69, 9.17) is 4.74 Å². The van der Waals surface area contributed by atoms with E-state index in [1.165, 1.54) is 6.33 Å². The molecule has 0 aliphatic heterocycles. The fraction of sp³-hybridized carbons (Fsp3) is 0.143. The summed E-state index contributed by atoms with van der Waals surface area (Å²) in [5, 5.41) is 9.81. The number of pyridine rings is 1. The van der Waals surface area contributed by atoms with Crippen molar-refractivity contribution in [1.82, 2.24) is 15.0 Å². The molecule has 3 aromatic heterocycles. The number of carboxylic acid groups (broad SMARTS) is 1. The zero-order valence-electron chi connectivity index (χ0n) is 11.3. The molecule has 3 heterocycles. The van der Waals surface area contributed by atoms with E-state index in [2.05, 4.69) is 15.0 Å². The average molecular weight is 301 g/mol. The number of rotatable bonds is 3. The molecule has 0 bridgehead atoms. The second kappa shape index (κ2) is 5.10. The van der Waals surface area contributed by atoms with Gasteiger partial charge in [0.05, 0.1) is 11.6 Å². The Morgan fingerprint density at radius 3 is 2.71 bits per heavy atom. The van der Waals surface area contributed by atoms with Gasteiger partial charge >= 0.3 is 5.97 Å². The monoisotopic (exact) mass is 301 g/mol. The molecule has 6 nitrogen and oxygen atoms in total. The molecule has 0 aromatic carbocycles. The molecule has 0 aliphatic rings. The van der Waals surface area contributed by atoms with Crippen LogP contribution in [0.1, 0.15) is 20.9 Å². The third kappa shape index (κ3) is 2.43. The summed E-state index contributed by atoms with van der Waals surface area (Å²) in [4.78, 5) is 24.4. The van der Waals surface area contributed by atoms with Crippen LogP contribution in [0.25, 0.3) is 10.2 Å². The lowest BCUT2D eigenvalue weighted by Gasteiger charge is -2.05. The molecule has 1 N–H and O–H groups in total. The molecule has 7 heteroatoms. The Kier molecular flexibility index (Phi) is 3.26. The zero-order chi connectivity index (χ0) is 15.0. The van der Waals surface area contributed by atoms with E-state index in [0.717, 1.165) is 17.0 Å². The Hall–Kier alpha value is -2.54. The molecule has 0 amide bonds. The van der Waals surface area contributed by atoms with Crippen molar-refractivity contribution in [3.8, 4) is 11.6 Å². The van der Waals surface area contributed by atoms with E-state index in [9.17, 15) is 9.90 Å². The van der Waals surface area contributed by atoms with Gasteiger partial charge in [-0.15, -0.1) is 11.3 Å². The number of ether oxygens (including phenoxy) is 1. The third-order valence-corrected chi connectivity index (χ3v) is 4.17. The van der Waals surface area contributed by atoms with Crippen molar-refractivity contribution < 1.29 is 14.6 Å². The zero-order valence-corrected chi connectivity index (χ0v) is 12.1. The van der Waals surface area contributed by atoms with Gasteiger partial charge in [-0.2, -0.15) is 0 Å². The van der Waals surface area contributed by atoms with E-state index >= 15 is 0 Å². The first kappa shape index (κ1) is 13.4. The van der Waals surface area contributed by atoms with Crippen molar-refractivity contribution in [1.29, 1.82) is 0 Å². The largest absolute Gasteiger partial charge is 0.477 e. The highest BCUT2D eigenvalue weighted by atomic mass is 32.1. The number of hydrogen-bond acceptors (Lipinski definition) is 6. The van der Waals surface area contributed by atoms with Crippen LogP contribution in [0.4, 0.5) is 0 Å². The lowest BCUT2D eigenvalue weighted by Crippen LogP contribution is -1.95. The second-order valence-corrected chi connectivity index (χ2v) is 5.46. The fourth-order valence-corrected chi connectivity index (χ4v) is 2.93. The Labute approximate surface area is 124 Å². The molecular formula is C14H11N3O3S. The molecule has 0 saturated heterocycles. The SMILES string of the molecule is Cc1ccc(Oc2ncnc3sc(C(=O)O)c(C)c23)cn1. The number of hydrogen-bond donors (Lipinski definition) is 1. The van der Waals surface area contributed by atoms with Gasteiger partial charge in [0, 0.05) is 5.69 Å². The summed E-state index contributed by atoms with van der Waals surface area (Å²) in [6.45, 7) is 3.61. The van der Waals surface area contributed by atoms with Gasteiger partial charge in [0.15, 0.2) is 0 Å². The third-order valence-electron chi connectivity index (χ3n) is 2.99. The van der Waals surface area contributed by atoms with Gasteiger partial charge in [-0.1, -0.05) is 0 Å². The average Bonchev–Trinajstić information content (AvgIpc) is 2.80. The summed E-state index contributed by atoms with van der Waals surface area (Å²) < 4.78 is 5.72. The number of fused-ring (bicyclic) bond motifs is 1. The molecular weight excluding hydrogens is 290 g/mol. The van der Waals surface area contributed by atoms with Gasteiger partial charge in [0.25, 0.3) is 0 Å². The summed E-state index contributed by atoms with van der Waals surface area (Å²) in [6.07, 6.45) is 2.96. The van der Waals surface area contributed by atoms with E-state index in [1.54, 1.807) is 19.2 Å². The van der Waals surface area contributed by atoms with Gasteiger partial charge < -0.3 is 9.84 Å². The summed E-state index contributed by atoms with van der Waals surface area (Å²) in [5.41, 5.74) is 1.49. The van der Waals surface area contributed by atoms with Crippen LogP contribution in [-0.4, -0.2) is 26.0 Å². The van der Waals surface area contributed by atoms with Gasteiger partial charge in [-0.3, -0.25) is 4.98 Å². The Morgan fingerprint density at radius 1 is 1.24 bits per heavy atom. The molecule has 0 fully saturated rings. The van der Waals surface area contributed by atoms with Crippen molar-refractivity contribution in [2.45, 2.75) is 13.8 Å². The Morgan fingerprint density at radius 2 is 2.05 bits per heavy atom. The first-order chi connectivity index (χ1) is 10.1. The lowest BCUT2D eigenvalue weighted by atomic mass is 10.2. The maximum absolute atomic E-state index is 11.2. The lowest BCUT2D eigenvalue weighted by molar-refractivity contribution is 0.0701. The first-order valence-electron chi connectivity index (χ1n) is 6.14. The van der Waals surface area contributed by atoms with Crippen LogP contribution in [-0.2, 0) is 0 Å². The normalized spacial score (nSPS) is 10.8. The van der Waals surface area contributed by atoms with Crippen LogP contribution in [0.3, 0.4) is 0 Å². The highest BCUT2D eigenvalue weighted by molar-refractivity contribution is 7.20. The number of aryl methyl sites for hydroxylation is 2. The topological polar surface area (TPSA) is 85.2 Å². The summed E-state index contributed by atoms with van der Waals surface area (Å²) >= 11 is 1.11. The van der Waals surface area contributed by atoms with Gasteiger partial charge in [-0.05, 0) is 31.5 Å². The second-order valence-electron chi connectivity index (χ2n) is 4.46. The summed E-state index contributed by atoms with van der Waals surface area (Å²) in [5.74, 6) is -0.0894. The molecule has 3 rings (SSSR count). The van der Waals surface area contributed by atoms with Crippen LogP contribution in [0.15, 0.2) is 24.7 Å². The maximum atomic E-state index is 11.2. The molecule has 0 saturated carbocycles. The maximum Gasteiger partial charge on any atom is 0.346 e. The van der Waals surface area contributed by atoms with E-state index in [1.807, 2.05) is 13.0 Å². The minimum absolute atomic E-state index is 0.248. The number of aromatic carboxylic acids is 1. The summed E-state index contributed by atoms with van der Waals surface area (Å²) in [6, 6.07) is 3.62.